The zero-order valence-electron chi connectivity index (χ0n) is 9.26. The molecule has 1 radical (unpaired) electrons. The third kappa shape index (κ3) is 2.10. The minimum Gasteiger partial charge on any atom is -0.497 e. The highest BCUT2D eigenvalue weighted by Crippen LogP contribution is 2.25. The molecule has 0 saturated heterocycles. The van der Waals surface area contributed by atoms with Gasteiger partial charge in [0, 0.05) is 6.42 Å². The van der Waals surface area contributed by atoms with Crippen molar-refractivity contribution >= 4 is 6.21 Å². The van der Waals surface area contributed by atoms with Gasteiger partial charge in [-0.15, -0.1) is 5.10 Å². The molecule has 0 amide bonds. The summed E-state index contributed by atoms with van der Waals surface area (Å²) in [7, 11) is 1.66. The minimum atomic E-state index is -0.369. The second-order valence-electron chi connectivity index (χ2n) is 3.82. The van der Waals surface area contributed by atoms with Gasteiger partial charge in [0.15, 0.2) is 0 Å². The highest BCUT2D eigenvalue weighted by molar-refractivity contribution is 5.72. The molecule has 0 saturated carbocycles. The molecule has 0 aromatic heterocycles. The normalized spacial score (nSPS) is 22.6. The molecule has 0 bridgehead atoms. The fraction of sp³-hybridized carbons (Fsp3) is 0.333. The van der Waals surface area contributed by atoms with Crippen LogP contribution < -0.4 is 4.74 Å². The zero-order valence-corrected chi connectivity index (χ0v) is 9.26. The maximum absolute atomic E-state index is 5.18. The maximum atomic E-state index is 5.18. The molecule has 83 valence electrons. The number of hydrogen-bond donors (Lipinski definition) is 0. The quantitative estimate of drug-likeness (QED) is 0.763. The van der Waals surface area contributed by atoms with E-state index in [2.05, 4.69) is 22.4 Å². The van der Waals surface area contributed by atoms with Crippen molar-refractivity contribution in [2.75, 3.05) is 7.11 Å². The Balaban J connectivity index is 2.19. The van der Waals surface area contributed by atoms with Crippen molar-refractivity contribution in [3.8, 4) is 5.75 Å². The van der Waals surface area contributed by atoms with E-state index in [0.717, 1.165) is 17.7 Å². The first kappa shape index (κ1) is 10.8. The highest BCUT2D eigenvalue weighted by atomic mass is 16.5. The lowest BCUT2D eigenvalue weighted by Crippen LogP contribution is -2.28. The molecule has 0 fully saturated rings. The van der Waals surface area contributed by atoms with Crippen LogP contribution in [-0.4, -0.2) is 18.9 Å². The van der Waals surface area contributed by atoms with Gasteiger partial charge in [-0.3, -0.25) is 0 Å². The highest BCUT2D eigenvalue weighted by Gasteiger charge is 2.29. The molecule has 0 aliphatic carbocycles. The Bertz CT molecular complexity index is 414. The first-order valence-electron chi connectivity index (χ1n) is 5.16. The maximum Gasteiger partial charge on any atom is 0.125 e. The van der Waals surface area contributed by atoms with Gasteiger partial charge in [0.1, 0.15) is 11.3 Å². The van der Waals surface area contributed by atoms with E-state index in [1.54, 1.807) is 13.3 Å². The van der Waals surface area contributed by atoms with E-state index < -0.39 is 0 Å². The van der Waals surface area contributed by atoms with Crippen LogP contribution in [0.15, 0.2) is 39.7 Å². The number of nitrogens with zero attached hydrogens (tertiary/aromatic N) is 3. The third-order valence-corrected chi connectivity index (χ3v) is 2.67. The minimum absolute atomic E-state index is 0.369. The molecule has 16 heavy (non-hydrogen) atoms. The van der Waals surface area contributed by atoms with E-state index in [9.17, 15) is 0 Å². The Morgan fingerprint density at radius 1 is 1.44 bits per heavy atom. The van der Waals surface area contributed by atoms with Gasteiger partial charge in [0.05, 0.1) is 13.3 Å². The van der Waals surface area contributed by atoms with Crippen molar-refractivity contribution in [2.24, 2.45) is 15.4 Å². The second-order valence-corrected chi connectivity index (χ2v) is 3.82. The Labute approximate surface area is 95.0 Å². The molecular weight excluding hydrogens is 202 g/mol. The molecule has 2 rings (SSSR count). The van der Waals surface area contributed by atoms with Gasteiger partial charge >= 0.3 is 0 Å². The molecule has 4 heteroatoms. The van der Waals surface area contributed by atoms with Crippen molar-refractivity contribution in [1.82, 2.24) is 0 Å². The lowest BCUT2D eigenvalue weighted by Gasteiger charge is -2.18. The zero-order chi connectivity index (χ0) is 11.4. The summed E-state index contributed by atoms with van der Waals surface area (Å²) in [4.78, 5) is 0. The molecular formula is C12H14N3O. The van der Waals surface area contributed by atoms with Crippen molar-refractivity contribution < 1.29 is 4.74 Å². The van der Waals surface area contributed by atoms with Crippen LogP contribution in [-0.2, 0) is 6.42 Å². The van der Waals surface area contributed by atoms with Crippen molar-refractivity contribution in [2.45, 2.75) is 18.4 Å². The summed E-state index contributed by atoms with van der Waals surface area (Å²) in [6, 6.07) is 7.93. The summed E-state index contributed by atoms with van der Waals surface area (Å²) < 4.78 is 5.18. The molecule has 0 N–H and O–H groups in total. The first-order valence-corrected chi connectivity index (χ1v) is 5.16. The molecule has 1 aromatic rings. The van der Waals surface area contributed by atoms with Gasteiger partial charge in [-0.2, -0.15) is 5.11 Å². The van der Waals surface area contributed by atoms with Crippen LogP contribution in [0.1, 0.15) is 12.0 Å². The standard InChI is InChI=1S/C12H14N3O/c1-3-12(9-13-15-14-12)8-10-5-4-6-11(7-10)16-2/h4-7,9H,1,3,8H2,2H3. The summed E-state index contributed by atoms with van der Waals surface area (Å²) in [5.41, 5.74) is 0.780. The van der Waals surface area contributed by atoms with Gasteiger partial charge < -0.3 is 4.74 Å². The van der Waals surface area contributed by atoms with E-state index in [4.69, 9.17) is 4.74 Å². The number of hydrogen-bond acceptors (Lipinski definition) is 4. The van der Waals surface area contributed by atoms with Gasteiger partial charge in [-0.25, -0.2) is 0 Å². The Hall–Kier alpha value is -1.71. The molecule has 1 atom stereocenters. The predicted molar refractivity (Wildman–Crippen MR) is 62.8 cm³/mol. The van der Waals surface area contributed by atoms with E-state index in [1.807, 2.05) is 24.3 Å². The Kier molecular flexibility index (Phi) is 2.99. The summed E-state index contributed by atoms with van der Waals surface area (Å²) >= 11 is 0. The molecule has 0 spiro atoms. The van der Waals surface area contributed by atoms with Crippen LogP contribution in [0.3, 0.4) is 0 Å². The van der Waals surface area contributed by atoms with Gasteiger partial charge in [-0.1, -0.05) is 19.1 Å². The van der Waals surface area contributed by atoms with E-state index in [0.29, 0.717) is 6.42 Å². The predicted octanol–water partition coefficient (Wildman–Crippen LogP) is 2.65. The Morgan fingerprint density at radius 3 is 2.94 bits per heavy atom. The summed E-state index contributed by atoms with van der Waals surface area (Å²) in [5, 5.41) is 11.6. The summed E-state index contributed by atoms with van der Waals surface area (Å²) in [6.45, 7) is 3.90. The van der Waals surface area contributed by atoms with E-state index >= 15 is 0 Å². The van der Waals surface area contributed by atoms with E-state index in [1.165, 1.54) is 0 Å². The molecule has 1 aliphatic rings. The smallest absolute Gasteiger partial charge is 0.125 e. The number of ether oxygens (including phenoxy) is 1. The van der Waals surface area contributed by atoms with Crippen LogP contribution in [0.5, 0.6) is 5.75 Å². The number of rotatable bonds is 4. The molecule has 1 aliphatic heterocycles. The lowest BCUT2D eigenvalue weighted by molar-refractivity contribution is 0.414. The third-order valence-electron chi connectivity index (χ3n) is 2.67. The van der Waals surface area contributed by atoms with Crippen molar-refractivity contribution in [3.05, 3.63) is 36.8 Å². The molecule has 1 unspecified atom stereocenters. The summed E-state index contributed by atoms with van der Waals surface area (Å²) in [5.74, 6) is 0.851. The SMILES string of the molecule is [CH2]CC1(Cc2cccc(OC)c2)C=NN=N1. The van der Waals surface area contributed by atoms with Crippen LogP contribution in [0.2, 0.25) is 0 Å². The van der Waals surface area contributed by atoms with Crippen molar-refractivity contribution in [1.29, 1.82) is 0 Å². The van der Waals surface area contributed by atoms with E-state index in [-0.39, 0.29) is 5.54 Å². The van der Waals surface area contributed by atoms with Crippen molar-refractivity contribution in [3.63, 3.8) is 0 Å². The fourth-order valence-electron chi connectivity index (χ4n) is 1.69. The van der Waals surface area contributed by atoms with Gasteiger partial charge in [0.2, 0.25) is 0 Å². The van der Waals surface area contributed by atoms with Gasteiger partial charge in [-0.05, 0) is 29.3 Å². The topological polar surface area (TPSA) is 46.3 Å². The average molecular weight is 216 g/mol. The molecule has 1 aromatic carbocycles. The second kappa shape index (κ2) is 4.43. The number of methoxy groups -OCH3 is 1. The average Bonchev–Trinajstić information content (AvgIpc) is 2.78. The monoisotopic (exact) mass is 216 g/mol. The largest absolute Gasteiger partial charge is 0.497 e. The van der Waals surface area contributed by atoms with Crippen LogP contribution >= 0.6 is 0 Å². The summed E-state index contributed by atoms with van der Waals surface area (Å²) in [6.07, 6.45) is 3.16. The molecule has 4 nitrogen and oxygen atoms in total. The van der Waals surface area contributed by atoms with Crippen LogP contribution in [0, 0.1) is 6.92 Å². The first-order chi connectivity index (χ1) is 7.78. The van der Waals surface area contributed by atoms with Crippen LogP contribution in [0.4, 0.5) is 0 Å². The van der Waals surface area contributed by atoms with Gasteiger partial charge in [0.25, 0.3) is 0 Å². The lowest BCUT2D eigenvalue weighted by atomic mass is 9.90. The molecule has 1 heterocycles. The number of benzene rings is 1. The van der Waals surface area contributed by atoms with Crippen LogP contribution in [0.25, 0.3) is 0 Å². The Morgan fingerprint density at radius 2 is 2.31 bits per heavy atom. The fourth-order valence-corrected chi connectivity index (χ4v) is 1.69.